The third kappa shape index (κ3) is 8.31. The first-order valence-electron chi connectivity index (χ1n) is 23.2. The summed E-state index contributed by atoms with van der Waals surface area (Å²) in [6.07, 6.45) is 7.64. The van der Waals surface area contributed by atoms with Gasteiger partial charge in [0.15, 0.2) is 12.2 Å². The standard InChI is InChI=1S/2C27H23ClFN3O3/c2*28-17-13-16-14-23(35-24(16)20(15-17)18-5-9-30-25-19(18)6-10-31-25)26(33)32-11-7-27(34,8-12-32)21-3-1-2-4-22(21)29/h2*1-6,9-10,13,15,23,34H,7-8,11-12,14H2,(H,30,31)/t2*23-/m10/s1. The molecule has 12 nitrogen and oxygen atoms in total. The van der Waals surface area contributed by atoms with Gasteiger partial charge in [0.05, 0.1) is 11.2 Å². The van der Waals surface area contributed by atoms with E-state index < -0.39 is 35.0 Å². The number of benzene rings is 4. The second-order valence-corrected chi connectivity index (χ2v) is 19.2. The van der Waals surface area contributed by atoms with Crippen LogP contribution in [-0.2, 0) is 33.6 Å². The zero-order valence-corrected chi connectivity index (χ0v) is 39.1. The molecule has 0 radical (unpaired) electrons. The highest BCUT2D eigenvalue weighted by atomic mass is 35.5. The van der Waals surface area contributed by atoms with Gasteiger partial charge in [-0.2, -0.15) is 0 Å². The summed E-state index contributed by atoms with van der Waals surface area (Å²) in [5, 5.41) is 25.2. The van der Waals surface area contributed by atoms with E-state index in [0.717, 1.165) is 55.4 Å². The maximum atomic E-state index is 14.3. The van der Waals surface area contributed by atoms with Crippen LogP contribution < -0.4 is 9.47 Å². The molecule has 4 N–H and O–H groups in total. The lowest BCUT2D eigenvalue weighted by Gasteiger charge is -2.39. The van der Waals surface area contributed by atoms with Crippen molar-refractivity contribution < 1.29 is 38.1 Å². The molecule has 2 atom stereocenters. The van der Waals surface area contributed by atoms with E-state index in [4.69, 9.17) is 32.7 Å². The highest BCUT2D eigenvalue weighted by Gasteiger charge is 2.43. The summed E-state index contributed by atoms with van der Waals surface area (Å²) in [7, 11) is 0. The zero-order chi connectivity index (χ0) is 48.3. The number of nitrogens with zero attached hydrogens (tertiary/aromatic N) is 4. The maximum Gasteiger partial charge on any atom is 0.263 e. The van der Waals surface area contributed by atoms with Gasteiger partial charge in [0.2, 0.25) is 0 Å². The van der Waals surface area contributed by atoms with Crippen LogP contribution >= 0.6 is 23.2 Å². The number of aliphatic hydroxyl groups is 2. The lowest BCUT2D eigenvalue weighted by atomic mass is 9.84. The van der Waals surface area contributed by atoms with E-state index in [9.17, 15) is 28.6 Å². The van der Waals surface area contributed by atoms with Crippen molar-refractivity contribution in [1.82, 2.24) is 29.7 Å². The molecule has 12 rings (SSSR count). The number of amides is 2. The van der Waals surface area contributed by atoms with Gasteiger partial charge in [0.1, 0.15) is 34.4 Å². The number of nitrogens with one attached hydrogen (secondary N) is 2. The number of hydrogen-bond donors (Lipinski definition) is 4. The number of halogens is 4. The molecule has 16 heteroatoms. The molecule has 0 aliphatic carbocycles. The lowest BCUT2D eigenvalue weighted by Crippen LogP contribution is -2.49. The third-order valence-electron chi connectivity index (χ3n) is 14.2. The fraction of sp³-hybridized carbons (Fsp3) is 0.259. The number of H-pyrrole nitrogens is 2. The largest absolute Gasteiger partial charge is 0.479 e. The fourth-order valence-corrected chi connectivity index (χ4v) is 11.0. The summed E-state index contributed by atoms with van der Waals surface area (Å²) in [6, 6.07) is 27.7. The predicted octanol–water partition coefficient (Wildman–Crippen LogP) is 9.67. The first kappa shape index (κ1) is 45.6. The number of rotatable bonds is 6. The SMILES string of the molecule is O=C([C@@H]1Cc2cc(Cl)cc(-c3ccnc4[nH]ccc34)c2O1)N1CCC(O)(c2ccccc2F)CC1.O=C([C@H]1Cc2cc(Cl)cc(-c3ccnc4[nH]ccc34)c2O1)N1CCC(O)(c2ccccc2F)CC1. The molecule has 4 aliphatic heterocycles. The van der Waals surface area contributed by atoms with E-state index >= 15 is 0 Å². The molecular weight excluding hydrogens is 938 g/mol. The van der Waals surface area contributed by atoms with Crippen LogP contribution in [0.3, 0.4) is 0 Å². The molecule has 356 valence electrons. The number of piperidine rings is 2. The lowest BCUT2D eigenvalue weighted by molar-refractivity contribution is -0.143. The zero-order valence-electron chi connectivity index (χ0n) is 37.6. The molecule has 0 unspecified atom stereocenters. The molecule has 70 heavy (non-hydrogen) atoms. The highest BCUT2D eigenvalue weighted by molar-refractivity contribution is 6.31. The van der Waals surface area contributed by atoms with E-state index in [1.807, 2.05) is 60.9 Å². The van der Waals surface area contributed by atoms with E-state index in [1.165, 1.54) is 12.1 Å². The number of carbonyl (C=O) groups is 2. The normalized spacial score (nSPS) is 18.9. The van der Waals surface area contributed by atoms with Gasteiger partial charge in [-0.15, -0.1) is 0 Å². The average Bonchev–Trinajstić information content (AvgIpc) is 4.21. The predicted molar refractivity (Wildman–Crippen MR) is 262 cm³/mol. The number of aromatic nitrogens is 4. The van der Waals surface area contributed by atoms with Gasteiger partial charge in [0, 0.05) is 118 Å². The van der Waals surface area contributed by atoms with Crippen LogP contribution in [0.2, 0.25) is 10.0 Å². The molecule has 8 aromatic rings. The Morgan fingerprint density at radius 2 is 0.986 bits per heavy atom. The van der Waals surface area contributed by atoms with Crippen molar-refractivity contribution in [2.45, 2.75) is 61.9 Å². The molecule has 4 aromatic carbocycles. The summed E-state index contributed by atoms with van der Waals surface area (Å²) in [5.41, 5.74) is 4.77. The summed E-state index contributed by atoms with van der Waals surface area (Å²) in [4.78, 5) is 45.1. The van der Waals surface area contributed by atoms with E-state index in [-0.39, 0.29) is 48.6 Å². The number of fused-ring (bicyclic) bond motifs is 4. The van der Waals surface area contributed by atoms with Crippen LogP contribution in [0.15, 0.2) is 122 Å². The van der Waals surface area contributed by atoms with Crippen molar-refractivity contribution in [3.8, 4) is 33.8 Å². The van der Waals surface area contributed by atoms with Crippen LogP contribution in [0.4, 0.5) is 8.78 Å². The molecule has 0 bridgehead atoms. The number of carbonyl (C=O) groups excluding carboxylic acids is 2. The Morgan fingerprint density at radius 3 is 1.39 bits per heavy atom. The van der Waals surface area contributed by atoms with Crippen molar-refractivity contribution in [2.24, 2.45) is 0 Å². The van der Waals surface area contributed by atoms with E-state index in [0.29, 0.717) is 60.6 Å². The molecular formula is C54H46Cl2F2N6O6. The molecule has 8 heterocycles. The minimum atomic E-state index is -1.29. The van der Waals surface area contributed by atoms with Gasteiger partial charge in [-0.25, -0.2) is 18.7 Å². The summed E-state index contributed by atoms with van der Waals surface area (Å²) < 4.78 is 41.0. The monoisotopic (exact) mass is 982 g/mol. The second kappa shape index (κ2) is 18.2. The van der Waals surface area contributed by atoms with Gasteiger partial charge in [-0.05, 0) is 97.5 Å². The minimum absolute atomic E-state index is 0.139. The first-order chi connectivity index (χ1) is 33.9. The van der Waals surface area contributed by atoms with E-state index in [2.05, 4.69) is 19.9 Å². The van der Waals surface area contributed by atoms with Crippen molar-refractivity contribution in [1.29, 1.82) is 0 Å². The number of aromatic amines is 2. The molecule has 2 amide bonds. The Hall–Kier alpha value is -6.84. The highest BCUT2D eigenvalue weighted by Crippen LogP contribution is 2.46. The second-order valence-electron chi connectivity index (χ2n) is 18.4. The molecule has 2 saturated heterocycles. The van der Waals surface area contributed by atoms with Gasteiger partial charge >= 0.3 is 0 Å². The minimum Gasteiger partial charge on any atom is -0.479 e. The van der Waals surface area contributed by atoms with Crippen molar-refractivity contribution in [3.05, 3.63) is 166 Å². The van der Waals surface area contributed by atoms with Gasteiger partial charge < -0.3 is 39.5 Å². The van der Waals surface area contributed by atoms with Crippen molar-refractivity contribution in [3.63, 3.8) is 0 Å². The number of likely N-dealkylation sites (tertiary alicyclic amines) is 2. The third-order valence-corrected chi connectivity index (χ3v) is 14.6. The Labute approximate surface area is 410 Å². The number of pyridine rings is 2. The van der Waals surface area contributed by atoms with Crippen LogP contribution in [0, 0.1) is 11.6 Å². The molecule has 4 aliphatic rings. The van der Waals surface area contributed by atoms with Crippen molar-refractivity contribution in [2.75, 3.05) is 26.2 Å². The molecule has 0 spiro atoms. The fourth-order valence-electron chi connectivity index (χ4n) is 10.5. The van der Waals surface area contributed by atoms with Crippen LogP contribution in [0.25, 0.3) is 44.3 Å². The van der Waals surface area contributed by atoms with Crippen LogP contribution in [-0.4, -0.2) is 90.2 Å². The van der Waals surface area contributed by atoms with E-state index in [1.54, 1.807) is 58.6 Å². The Balaban J connectivity index is 0.000000152. The van der Waals surface area contributed by atoms with Crippen LogP contribution in [0.1, 0.15) is 47.9 Å². The number of ether oxygens (including phenoxy) is 2. The maximum absolute atomic E-state index is 14.3. The molecule has 4 aromatic heterocycles. The quantitative estimate of drug-likeness (QED) is 0.128. The van der Waals surface area contributed by atoms with Crippen molar-refractivity contribution >= 4 is 57.1 Å². The summed E-state index contributed by atoms with van der Waals surface area (Å²) >= 11 is 12.9. The molecule has 0 saturated carbocycles. The smallest absolute Gasteiger partial charge is 0.263 e. The average molecular weight is 984 g/mol. The summed E-state index contributed by atoms with van der Waals surface area (Å²) in [5.74, 6) is 0.172. The Kier molecular flexibility index (Phi) is 11.8. The van der Waals surface area contributed by atoms with Gasteiger partial charge in [-0.1, -0.05) is 59.6 Å². The van der Waals surface area contributed by atoms with Gasteiger partial charge in [0.25, 0.3) is 11.8 Å². The van der Waals surface area contributed by atoms with Gasteiger partial charge in [-0.3, -0.25) is 9.59 Å². The van der Waals surface area contributed by atoms with Crippen LogP contribution in [0.5, 0.6) is 11.5 Å². The topological polar surface area (TPSA) is 157 Å². The summed E-state index contributed by atoms with van der Waals surface area (Å²) in [6.45, 7) is 1.28. The number of hydrogen-bond acceptors (Lipinski definition) is 8. The Morgan fingerprint density at radius 1 is 0.586 bits per heavy atom. The first-order valence-corrected chi connectivity index (χ1v) is 24.0. The molecule has 2 fully saturated rings. The Bertz CT molecular complexity index is 3110.